The molecule has 0 saturated carbocycles. The van der Waals surface area contributed by atoms with Crippen LogP contribution < -0.4 is 16.2 Å². The average Bonchev–Trinajstić information content (AvgIpc) is 2.60. The van der Waals surface area contributed by atoms with Crippen molar-refractivity contribution in [3.05, 3.63) is 63.3 Å². The number of nitrogens with one attached hydrogen (secondary N) is 3. The molecule has 0 fully saturated rings. The van der Waals surface area contributed by atoms with Crippen molar-refractivity contribution in [2.75, 3.05) is 13.6 Å². The molecule has 0 spiro atoms. The van der Waals surface area contributed by atoms with Crippen LogP contribution in [0.3, 0.4) is 0 Å². The van der Waals surface area contributed by atoms with Crippen molar-refractivity contribution in [3.8, 4) is 0 Å². The number of amides is 2. The van der Waals surface area contributed by atoms with Crippen molar-refractivity contribution in [1.29, 1.82) is 0 Å². The molecule has 1 atom stereocenters. The maximum absolute atomic E-state index is 13.2. The summed E-state index contributed by atoms with van der Waals surface area (Å²) in [6, 6.07) is 6.87. The fraction of sp³-hybridized carbons (Fsp3) is 0.294. The summed E-state index contributed by atoms with van der Waals surface area (Å²) in [7, 11) is 1.51. The monoisotopic (exact) mass is 346 g/mol. The molecule has 2 aromatic rings. The van der Waals surface area contributed by atoms with Gasteiger partial charge in [-0.25, -0.2) is 9.49 Å². The highest BCUT2D eigenvalue weighted by atomic mass is 19.1. The number of H-pyrrole nitrogens is 1. The standard InChI is InChI=1S/C17H19FN4O3/c1-10-7-13(18)4-3-11(10)8-12(16(24)19-2)9-20-17(25)14-5-6-15(23)22-21-14/h3-7,12H,8-9H2,1-2H3,(H,19,24)(H,20,25)(H,22,23)/t12-/m0/s1. The predicted molar refractivity (Wildman–Crippen MR) is 89.6 cm³/mol. The van der Waals surface area contributed by atoms with Crippen LogP contribution in [0.4, 0.5) is 4.39 Å². The Hall–Kier alpha value is -3.03. The SMILES string of the molecule is CNC(=O)[C@H](CNC(=O)c1ccc(=O)[nH]n1)Cc1ccc(F)cc1C. The molecule has 1 aromatic heterocycles. The first-order chi connectivity index (χ1) is 11.9. The van der Waals surface area contributed by atoms with Crippen LogP contribution >= 0.6 is 0 Å². The number of carbonyl (C=O) groups excluding carboxylic acids is 2. The number of rotatable bonds is 6. The van der Waals surface area contributed by atoms with E-state index in [2.05, 4.69) is 20.8 Å². The van der Waals surface area contributed by atoms with Crippen LogP contribution in [-0.2, 0) is 11.2 Å². The zero-order valence-electron chi connectivity index (χ0n) is 13.9. The van der Waals surface area contributed by atoms with Crippen molar-refractivity contribution in [2.45, 2.75) is 13.3 Å². The van der Waals surface area contributed by atoms with E-state index in [9.17, 15) is 18.8 Å². The van der Waals surface area contributed by atoms with E-state index in [1.165, 1.54) is 31.3 Å². The minimum Gasteiger partial charge on any atom is -0.359 e. The number of carbonyl (C=O) groups is 2. The fourth-order valence-electron chi connectivity index (χ4n) is 2.39. The number of hydrogen-bond donors (Lipinski definition) is 3. The smallest absolute Gasteiger partial charge is 0.271 e. The summed E-state index contributed by atoms with van der Waals surface area (Å²) in [5, 5.41) is 11.0. The molecule has 0 aliphatic rings. The third-order valence-electron chi connectivity index (χ3n) is 3.81. The maximum Gasteiger partial charge on any atom is 0.271 e. The number of aryl methyl sites for hydroxylation is 1. The predicted octanol–water partition coefficient (Wildman–Crippen LogP) is 0.552. The number of benzene rings is 1. The normalized spacial score (nSPS) is 11.6. The van der Waals surface area contributed by atoms with Gasteiger partial charge in [-0.1, -0.05) is 6.07 Å². The van der Waals surface area contributed by atoms with Gasteiger partial charge in [-0.3, -0.25) is 14.4 Å². The lowest BCUT2D eigenvalue weighted by molar-refractivity contribution is -0.124. The Morgan fingerprint density at radius 3 is 2.64 bits per heavy atom. The summed E-state index contributed by atoms with van der Waals surface area (Å²) in [5.74, 6) is -1.60. The molecule has 0 bridgehead atoms. The van der Waals surface area contributed by atoms with Gasteiger partial charge in [0, 0.05) is 19.7 Å². The van der Waals surface area contributed by atoms with E-state index in [0.29, 0.717) is 6.42 Å². The quantitative estimate of drug-likeness (QED) is 0.710. The summed E-state index contributed by atoms with van der Waals surface area (Å²) in [6.45, 7) is 1.85. The molecule has 1 heterocycles. The number of hydrogen-bond acceptors (Lipinski definition) is 4. The van der Waals surface area contributed by atoms with Crippen molar-refractivity contribution in [3.63, 3.8) is 0 Å². The molecular formula is C17H19FN4O3. The van der Waals surface area contributed by atoms with E-state index >= 15 is 0 Å². The van der Waals surface area contributed by atoms with Gasteiger partial charge in [0.2, 0.25) is 5.91 Å². The van der Waals surface area contributed by atoms with Crippen molar-refractivity contribution in [1.82, 2.24) is 20.8 Å². The molecule has 2 rings (SSSR count). The van der Waals surface area contributed by atoms with Crippen molar-refractivity contribution in [2.24, 2.45) is 5.92 Å². The van der Waals surface area contributed by atoms with E-state index < -0.39 is 17.4 Å². The van der Waals surface area contributed by atoms with Crippen LogP contribution in [-0.4, -0.2) is 35.6 Å². The average molecular weight is 346 g/mol. The highest BCUT2D eigenvalue weighted by molar-refractivity contribution is 5.92. The molecular weight excluding hydrogens is 327 g/mol. The minimum absolute atomic E-state index is 0.0493. The molecule has 0 saturated heterocycles. The van der Waals surface area contributed by atoms with Gasteiger partial charge in [0.05, 0.1) is 5.92 Å². The van der Waals surface area contributed by atoms with Gasteiger partial charge in [0.1, 0.15) is 11.5 Å². The Kier molecular flexibility index (Phi) is 5.99. The van der Waals surface area contributed by atoms with E-state index in [-0.39, 0.29) is 24.0 Å². The topological polar surface area (TPSA) is 104 Å². The van der Waals surface area contributed by atoms with Crippen molar-refractivity contribution < 1.29 is 14.0 Å². The lowest BCUT2D eigenvalue weighted by atomic mass is 9.95. The van der Waals surface area contributed by atoms with Crippen LogP contribution in [0, 0.1) is 18.7 Å². The third-order valence-corrected chi connectivity index (χ3v) is 3.81. The van der Waals surface area contributed by atoms with Gasteiger partial charge in [0.15, 0.2) is 0 Å². The van der Waals surface area contributed by atoms with E-state index in [1.807, 2.05) is 0 Å². The van der Waals surface area contributed by atoms with Crippen LogP contribution in [0.2, 0.25) is 0 Å². The summed E-state index contributed by atoms with van der Waals surface area (Å²) < 4.78 is 13.2. The molecule has 2 amide bonds. The minimum atomic E-state index is -0.527. The van der Waals surface area contributed by atoms with Gasteiger partial charge in [-0.15, -0.1) is 0 Å². The molecule has 0 aliphatic carbocycles. The lowest BCUT2D eigenvalue weighted by Crippen LogP contribution is -2.39. The summed E-state index contributed by atoms with van der Waals surface area (Å²) >= 11 is 0. The largest absolute Gasteiger partial charge is 0.359 e. The van der Waals surface area contributed by atoms with Gasteiger partial charge < -0.3 is 10.6 Å². The van der Waals surface area contributed by atoms with Gasteiger partial charge in [-0.2, -0.15) is 5.10 Å². The maximum atomic E-state index is 13.2. The van der Waals surface area contributed by atoms with Crippen LogP contribution in [0.15, 0.2) is 35.1 Å². The molecule has 8 heteroatoms. The second-order valence-corrected chi connectivity index (χ2v) is 5.60. The molecule has 1 aromatic carbocycles. The van der Waals surface area contributed by atoms with E-state index in [4.69, 9.17) is 0 Å². The van der Waals surface area contributed by atoms with E-state index in [0.717, 1.165) is 11.1 Å². The molecule has 132 valence electrons. The number of nitrogens with zero attached hydrogens (tertiary/aromatic N) is 1. The molecule has 7 nitrogen and oxygen atoms in total. The Bertz CT molecular complexity index is 814. The highest BCUT2D eigenvalue weighted by Crippen LogP contribution is 2.15. The lowest BCUT2D eigenvalue weighted by Gasteiger charge is -2.17. The molecule has 0 unspecified atom stereocenters. The first-order valence-corrected chi connectivity index (χ1v) is 7.71. The summed E-state index contributed by atoms with van der Waals surface area (Å²) in [5.41, 5.74) is 1.20. The van der Waals surface area contributed by atoms with E-state index in [1.54, 1.807) is 13.0 Å². The zero-order valence-corrected chi connectivity index (χ0v) is 13.9. The Morgan fingerprint density at radius 1 is 1.28 bits per heavy atom. The number of halogens is 1. The third kappa shape index (κ3) is 4.97. The van der Waals surface area contributed by atoms with Gasteiger partial charge >= 0.3 is 0 Å². The van der Waals surface area contributed by atoms with Gasteiger partial charge in [0.25, 0.3) is 11.5 Å². The molecule has 3 N–H and O–H groups in total. The van der Waals surface area contributed by atoms with Crippen LogP contribution in [0.1, 0.15) is 21.6 Å². The second-order valence-electron chi connectivity index (χ2n) is 5.60. The number of aromatic nitrogens is 2. The van der Waals surface area contributed by atoms with Crippen LogP contribution in [0.25, 0.3) is 0 Å². The Balaban J connectivity index is 2.07. The first kappa shape index (κ1) is 18.3. The van der Waals surface area contributed by atoms with Crippen LogP contribution in [0.5, 0.6) is 0 Å². The second kappa shape index (κ2) is 8.18. The fourth-order valence-corrected chi connectivity index (χ4v) is 2.39. The first-order valence-electron chi connectivity index (χ1n) is 7.71. The van der Waals surface area contributed by atoms with Gasteiger partial charge in [-0.05, 0) is 42.7 Å². The Labute approximate surface area is 143 Å². The molecule has 0 radical (unpaired) electrons. The molecule has 25 heavy (non-hydrogen) atoms. The Morgan fingerprint density at radius 2 is 2.04 bits per heavy atom. The summed E-state index contributed by atoms with van der Waals surface area (Å²) in [4.78, 5) is 35.1. The molecule has 0 aliphatic heterocycles. The zero-order chi connectivity index (χ0) is 18.4. The summed E-state index contributed by atoms with van der Waals surface area (Å²) in [6.07, 6.45) is 0.352. The highest BCUT2D eigenvalue weighted by Gasteiger charge is 2.20. The number of aromatic amines is 1. The van der Waals surface area contributed by atoms with Crippen molar-refractivity contribution >= 4 is 11.8 Å².